The molecule has 1 atom stereocenters. The highest BCUT2D eigenvalue weighted by atomic mass is 16.5. The van der Waals surface area contributed by atoms with E-state index in [9.17, 15) is 9.90 Å². The smallest absolute Gasteiger partial charge is 0.195 e. The maximum atomic E-state index is 11.9. The monoisotopic (exact) mass is 434 g/mol. The van der Waals surface area contributed by atoms with Crippen LogP contribution in [0.1, 0.15) is 66.4 Å². The fourth-order valence-corrected chi connectivity index (χ4v) is 3.29. The van der Waals surface area contributed by atoms with Gasteiger partial charge in [0.05, 0.1) is 12.2 Å². The standard InChI is InChI=1S/C14H12O2.C9H12.C6H14O/c15-13(11-7-3-1-4-8-11)14(16)12-9-5-2-6-10-12;1-7-4-8(2)6-9(3)5-7;1-5(2)7-6(3)4/h1-10,13,15H;4-6H,1-3H3;5-6H,1-4H3. The van der Waals surface area contributed by atoms with Crippen LogP contribution in [0.3, 0.4) is 0 Å². The number of carbonyl (C=O) groups excluding carboxylic acids is 1. The van der Waals surface area contributed by atoms with Gasteiger partial charge < -0.3 is 9.84 Å². The van der Waals surface area contributed by atoms with Gasteiger partial charge in [0, 0.05) is 5.56 Å². The van der Waals surface area contributed by atoms with E-state index in [2.05, 4.69) is 39.0 Å². The van der Waals surface area contributed by atoms with E-state index in [-0.39, 0.29) is 5.78 Å². The number of aliphatic hydroxyl groups is 1. The molecule has 0 saturated carbocycles. The van der Waals surface area contributed by atoms with Gasteiger partial charge in [-0.15, -0.1) is 0 Å². The first kappa shape index (κ1) is 27.3. The van der Waals surface area contributed by atoms with Crippen LogP contribution in [0.2, 0.25) is 0 Å². The third-order valence-corrected chi connectivity index (χ3v) is 4.33. The number of rotatable bonds is 5. The molecule has 0 bridgehead atoms. The van der Waals surface area contributed by atoms with E-state index in [0.717, 1.165) is 0 Å². The molecule has 0 heterocycles. The van der Waals surface area contributed by atoms with Crippen molar-refractivity contribution in [3.8, 4) is 0 Å². The molecule has 1 unspecified atom stereocenters. The zero-order valence-corrected chi connectivity index (χ0v) is 20.5. The molecule has 3 heteroatoms. The van der Waals surface area contributed by atoms with E-state index >= 15 is 0 Å². The first-order valence-electron chi connectivity index (χ1n) is 11.1. The fraction of sp³-hybridized carbons (Fsp3) is 0.345. The van der Waals surface area contributed by atoms with E-state index in [4.69, 9.17) is 4.74 Å². The zero-order valence-electron chi connectivity index (χ0n) is 20.5. The quantitative estimate of drug-likeness (QED) is 0.438. The second-order valence-corrected chi connectivity index (χ2v) is 8.44. The number of hydrogen-bond donors (Lipinski definition) is 1. The van der Waals surface area contributed by atoms with Crippen LogP contribution in [0, 0.1) is 20.8 Å². The summed E-state index contributed by atoms with van der Waals surface area (Å²) in [6.07, 6.45) is -0.330. The number of aryl methyl sites for hydroxylation is 3. The summed E-state index contributed by atoms with van der Waals surface area (Å²) in [4.78, 5) is 11.9. The van der Waals surface area contributed by atoms with Crippen LogP contribution in [0.25, 0.3) is 0 Å². The number of benzene rings is 3. The Hall–Kier alpha value is -2.75. The Morgan fingerprint density at radius 2 is 1.06 bits per heavy atom. The number of ketones is 1. The molecule has 3 aromatic carbocycles. The van der Waals surface area contributed by atoms with Crippen LogP contribution < -0.4 is 0 Å². The number of aliphatic hydroxyl groups excluding tert-OH is 1. The summed E-state index contributed by atoms with van der Waals surface area (Å²) >= 11 is 0. The fourth-order valence-electron chi connectivity index (χ4n) is 3.29. The van der Waals surface area contributed by atoms with Crippen LogP contribution in [0.15, 0.2) is 78.9 Å². The van der Waals surface area contributed by atoms with Gasteiger partial charge in [-0.1, -0.05) is 95.6 Å². The Kier molecular flexibility index (Phi) is 12.2. The Bertz CT molecular complexity index is 859. The normalized spacial score (nSPS) is 11.2. The van der Waals surface area contributed by atoms with Crippen molar-refractivity contribution < 1.29 is 14.6 Å². The lowest BCUT2D eigenvalue weighted by atomic mass is 10.0. The van der Waals surface area contributed by atoms with Crippen LogP contribution in [0.4, 0.5) is 0 Å². The molecule has 0 aliphatic heterocycles. The van der Waals surface area contributed by atoms with Crippen molar-refractivity contribution in [1.29, 1.82) is 0 Å². The molecule has 0 fully saturated rings. The summed E-state index contributed by atoms with van der Waals surface area (Å²) in [5.74, 6) is -0.271. The SMILES string of the molecule is CC(C)OC(C)C.Cc1cc(C)cc(C)c1.O=C(c1ccccc1)C(O)c1ccccc1. The number of Topliss-reactive ketones (excluding diaryl/α,β-unsaturated/α-hetero) is 1. The second-order valence-electron chi connectivity index (χ2n) is 8.44. The lowest BCUT2D eigenvalue weighted by Gasteiger charge is -2.09. The van der Waals surface area contributed by atoms with Crippen LogP contribution in [0.5, 0.6) is 0 Å². The molecule has 32 heavy (non-hydrogen) atoms. The molecule has 0 spiro atoms. The predicted molar refractivity (Wildman–Crippen MR) is 134 cm³/mol. The highest BCUT2D eigenvalue weighted by molar-refractivity contribution is 5.99. The van der Waals surface area contributed by atoms with E-state index < -0.39 is 6.10 Å². The molecule has 0 aliphatic rings. The van der Waals surface area contributed by atoms with Gasteiger partial charge >= 0.3 is 0 Å². The molecule has 3 aromatic rings. The zero-order chi connectivity index (χ0) is 24.1. The van der Waals surface area contributed by atoms with Crippen LogP contribution >= 0.6 is 0 Å². The molecule has 3 rings (SSSR count). The van der Waals surface area contributed by atoms with Gasteiger partial charge in [0.25, 0.3) is 0 Å². The summed E-state index contributed by atoms with van der Waals surface area (Å²) in [6.45, 7) is 14.5. The van der Waals surface area contributed by atoms with E-state index in [1.807, 2.05) is 39.8 Å². The van der Waals surface area contributed by atoms with E-state index in [1.54, 1.807) is 48.5 Å². The molecule has 0 saturated heterocycles. The maximum absolute atomic E-state index is 11.9. The second kappa shape index (κ2) is 14.3. The average molecular weight is 435 g/mol. The number of carbonyl (C=O) groups is 1. The third-order valence-electron chi connectivity index (χ3n) is 4.33. The van der Waals surface area contributed by atoms with Crippen LogP contribution in [-0.2, 0) is 4.74 Å². The molecule has 3 nitrogen and oxygen atoms in total. The summed E-state index contributed by atoms with van der Waals surface area (Å²) < 4.78 is 5.25. The Labute approximate surface area is 194 Å². The number of hydrogen-bond acceptors (Lipinski definition) is 3. The Balaban J connectivity index is 0.000000271. The first-order valence-corrected chi connectivity index (χ1v) is 11.1. The van der Waals surface area contributed by atoms with Gasteiger partial charge in [-0.2, -0.15) is 0 Å². The molecule has 0 aliphatic carbocycles. The lowest BCUT2D eigenvalue weighted by molar-refractivity contribution is 0.0300. The maximum Gasteiger partial charge on any atom is 0.195 e. The van der Waals surface area contributed by atoms with Gasteiger partial charge in [-0.05, 0) is 54.0 Å². The summed E-state index contributed by atoms with van der Waals surface area (Å²) in [6, 6.07) is 24.3. The molecule has 1 N–H and O–H groups in total. The van der Waals surface area contributed by atoms with Gasteiger partial charge in [0.15, 0.2) is 5.78 Å². The third kappa shape index (κ3) is 11.0. The Morgan fingerprint density at radius 3 is 1.41 bits per heavy atom. The van der Waals surface area contributed by atoms with Crippen LogP contribution in [-0.4, -0.2) is 23.1 Å². The molecular formula is C29H38O3. The summed E-state index contributed by atoms with van der Waals surface area (Å²) in [5.41, 5.74) is 5.21. The molecular weight excluding hydrogens is 396 g/mol. The largest absolute Gasteiger partial charge is 0.380 e. The minimum absolute atomic E-state index is 0.271. The number of ether oxygens (including phenoxy) is 1. The highest BCUT2D eigenvalue weighted by Crippen LogP contribution is 2.17. The summed E-state index contributed by atoms with van der Waals surface area (Å²) in [5, 5.41) is 9.89. The molecule has 0 amide bonds. The molecule has 172 valence electrons. The van der Waals surface area contributed by atoms with E-state index in [0.29, 0.717) is 23.3 Å². The molecule has 0 aromatic heterocycles. The van der Waals surface area contributed by atoms with Gasteiger partial charge in [0.2, 0.25) is 0 Å². The molecule has 0 radical (unpaired) electrons. The predicted octanol–water partition coefficient (Wildman–Crippen LogP) is 7.03. The Morgan fingerprint density at radius 1 is 0.688 bits per heavy atom. The van der Waals surface area contributed by atoms with Crippen molar-refractivity contribution in [3.05, 3.63) is 107 Å². The minimum atomic E-state index is -1.08. The minimum Gasteiger partial charge on any atom is -0.380 e. The van der Waals surface area contributed by atoms with Gasteiger partial charge in [-0.3, -0.25) is 4.79 Å². The van der Waals surface area contributed by atoms with Gasteiger partial charge in [0.1, 0.15) is 6.10 Å². The van der Waals surface area contributed by atoms with Crippen molar-refractivity contribution >= 4 is 5.78 Å². The van der Waals surface area contributed by atoms with E-state index in [1.165, 1.54) is 16.7 Å². The van der Waals surface area contributed by atoms with Crippen molar-refractivity contribution in [2.45, 2.75) is 66.8 Å². The van der Waals surface area contributed by atoms with Gasteiger partial charge in [-0.25, -0.2) is 0 Å². The van der Waals surface area contributed by atoms with Crippen molar-refractivity contribution in [3.63, 3.8) is 0 Å². The first-order chi connectivity index (χ1) is 15.1. The van der Waals surface area contributed by atoms with Crippen molar-refractivity contribution in [2.75, 3.05) is 0 Å². The highest BCUT2D eigenvalue weighted by Gasteiger charge is 2.18. The summed E-state index contributed by atoms with van der Waals surface area (Å²) in [7, 11) is 0. The van der Waals surface area contributed by atoms with Crippen molar-refractivity contribution in [1.82, 2.24) is 0 Å². The van der Waals surface area contributed by atoms with Crippen molar-refractivity contribution in [2.24, 2.45) is 0 Å². The lowest BCUT2D eigenvalue weighted by Crippen LogP contribution is -2.11. The average Bonchev–Trinajstić information content (AvgIpc) is 2.73. The topological polar surface area (TPSA) is 46.5 Å².